The molecule has 2 aliphatic rings. The van der Waals surface area contributed by atoms with E-state index in [1.165, 1.54) is 25.7 Å². The zero-order valence-electron chi connectivity index (χ0n) is 8.96. The number of aliphatic hydroxyl groups is 1. The van der Waals surface area contributed by atoms with Crippen LogP contribution in [0.4, 0.5) is 0 Å². The Morgan fingerprint density at radius 3 is 2.50 bits per heavy atom. The van der Waals surface area contributed by atoms with Crippen LogP contribution >= 0.6 is 0 Å². The van der Waals surface area contributed by atoms with Gasteiger partial charge in [-0.25, -0.2) is 0 Å². The molecule has 14 heavy (non-hydrogen) atoms. The highest BCUT2D eigenvalue weighted by Gasteiger charge is 2.44. The van der Waals surface area contributed by atoms with Crippen LogP contribution in [0.25, 0.3) is 0 Å². The third-order valence-corrected chi connectivity index (χ3v) is 3.55. The maximum atomic E-state index is 9.43. The molecule has 0 aliphatic heterocycles. The highest BCUT2D eigenvalue weighted by Crippen LogP contribution is 2.40. The van der Waals surface area contributed by atoms with Crippen molar-refractivity contribution < 1.29 is 9.84 Å². The molecule has 2 rings (SSSR count). The SMILES string of the molecule is CNC(CO)(COCC1CC1)C1CC1. The summed E-state index contributed by atoms with van der Waals surface area (Å²) in [5, 5.41) is 12.7. The Kier molecular flexibility index (Phi) is 3.10. The first-order valence-corrected chi connectivity index (χ1v) is 5.68. The van der Waals surface area contributed by atoms with Crippen molar-refractivity contribution in [1.82, 2.24) is 5.32 Å². The van der Waals surface area contributed by atoms with Gasteiger partial charge in [-0.3, -0.25) is 0 Å². The zero-order chi connectivity index (χ0) is 10.0. The third kappa shape index (κ3) is 2.27. The maximum absolute atomic E-state index is 9.43. The molecule has 0 aromatic heterocycles. The van der Waals surface area contributed by atoms with Gasteiger partial charge in [-0.2, -0.15) is 0 Å². The van der Waals surface area contributed by atoms with E-state index in [-0.39, 0.29) is 12.1 Å². The summed E-state index contributed by atoms with van der Waals surface area (Å²) >= 11 is 0. The van der Waals surface area contributed by atoms with Crippen LogP contribution in [0.5, 0.6) is 0 Å². The second-order valence-corrected chi connectivity index (χ2v) is 4.80. The van der Waals surface area contributed by atoms with Crippen molar-refractivity contribution in [3.8, 4) is 0 Å². The third-order valence-electron chi connectivity index (χ3n) is 3.55. The highest BCUT2D eigenvalue weighted by atomic mass is 16.5. The van der Waals surface area contributed by atoms with Gasteiger partial charge < -0.3 is 15.2 Å². The standard InChI is InChI=1S/C11H21NO2/c1-12-11(7-13,10-4-5-10)8-14-6-9-2-3-9/h9-10,12-13H,2-8H2,1H3. The van der Waals surface area contributed by atoms with Crippen LogP contribution < -0.4 is 5.32 Å². The van der Waals surface area contributed by atoms with Crippen molar-refractivity contribution in [2.24, 2.45) is 11.8 Å². The van der Waals surface area contributed by atoms with Crippen molar-refractivity contribution in [2.75, 3.05) is 26.9 Å². The number of likely N-dealkylation sites (N-methyl/N-ethyl adjacent to an activating group) is 1. The molecule has 0 bridgehead atoms. The summed E-state index contributed by atoms with van der Waals surface area (Å²) in [5.74, 6) is 1.43. The van der Waals surface area contributed by atoms with Gasteiger partial charge in [0.1, 0.15) is 0 Å². The lowest BCUT2D eigenvalue weighted by molar-refractivity contribution is 0.0236. The Bertz CT molecular complexity index is 184. The molecule has 3 heteroatoms. The molecule has 1 atom stereocenters. The molecule has 2 fully saturated rings. The van der Waals surface area contributed by atoms with E-state index in [2.05, 4.69) is 5.32 Å². The summed E-state index contributed by atoms with van der Waals surface area (Å²) in [6, 6.07) is 0. The predicted molar refractivity (Wildman–Crippen MR) is 55.1 cm³/mol. The lowest BCUT2D eigenvalue weighted by atomic mass is 9.96. The molecule has 0 saturated heterocycles. The van der Waals surface area contributed by atoms with Crippen molar-refractivity contribution >= 4 is 0 Å². The second-order valence-electron chi connectivity index (χ2n) is 4.80. The fraction of sp³-hybridized carbons (Fsp3) is 1.00. The summed E-state index contributed by atoms with van der Waals surface area (Å²) in [4.78, 5) is 0. The van der Waals surface area contributed by atoms with Crippen molar-refractivity contribution in [1.29, 1.82) is 0 Å². The summed E-state index contributed by atoms with van der Waals surface area (Å²) < 4.78 is 5.68. The average molecular weight is 199 g/mol. The molecule has 0 heterocycles. The van der Waals surface area contributed by atoms with E-state index in [9.17, 15) is 5.11 Å². The van der Waals surface area contributed by atoms with E-state index in [1.807, 2.05) is 7.05 Å². The molecular formula is C11H21NO2. The molecule has 3 nitrogen and oxygen atoms in total. The summed E-state index contributed by atoms with van der Waals surface area (Å²) in [7, 11) is 1.93. The van der Waals surface area contributed by atoms with Gasteiger partial charge >= 0.3 is 0 Å². The molecule has 1 unspecified atom stereocenters. The summed E-state index contributed by atoms with van der Waals surface area (Å²) in [5.41, 5.74) is -0.158. The minimum Gasteiger partial charge on any atom is -0.394 e. The lowest BCUT2D eigenvalue weighted by Crippen LogP contribution is -2.52. The van der Waals surface area contributed by atoms with Gasteiger partial charge in [-0.15, -0.1) is 0 Å². The molecular weight excluding hydrogens is 178 g/mol. The Morgan fingerprint density at radius 1 is 1.36 bits per heavy atom. The monoisotopic (exact) mass is 199 g/mol. The minimum absolute atomic E-state index is 0.158. The van der Waals surface area contributed by atoms with Crippen molar-refractivity contribution in [3.63, 3.8) is 0 Å². The number of aliphatic hydroxyl groups excluding tert-OH is 1. The Labute approximate surface area is 85.8 Å². The number of rotatable bonds is 7. The Hall–Kier alpha value is -0.120. The Balaban J connectivity index is 1.76. The molecule has 82 valence electrons. The van der Waals surface area contributed by atoms with Crippen LogP contribution in [0.3, 0.4) is 0 Å². The van der Waals surface area contributed by atoms with E-state index in [0.717, 1.165) is 12.5 Å². The molecule has 0 radical (unpaired) electrons. The second kappa shape index (κ2) is 4.17. The van der Waals surface area contributed by atoms with Crippen LogP contribution in [0, 0.1) is 11.8 Å². The molecule has 2 N–H and O–H groups in total. The molecule has 0 aromatic carbocycles. The number of hydrogen-bond donors (Lipinski definition) is 2. The molecule has 0 amide bonds. The van der Waals surface area contributed by atoms with Crippen LogP contribution in [-0.4, -0.2) is 37.5 Å². The number of ether oxygens (including phenoxy) is 1. The van der Waals surface area contributed by atoms with Crippen LogP contribution in [0.1, 0.15) is 25.7 Å². The topological polar surface area (TPSA) is 41.5 Å². The van der Waals surface area contributed by atoms with E-state index in [4.69, 9.17) is 4.74 Å². The highest BCUT2D eigenvalue weighted by molar-refractivity contribution is 5.00. The maximum Gasteiger partial charge on any atom is 0.0676 e. The van der Waals surface area contributed by atoms with Gasteiger partial charge in [0.05, 0.1) is 18.8 Å². The van der Waals surface area contributed by atoms with E-state index in [1.54, 1.807) is 0 Å². The average Bonchev–Trinajstić information content (AvgIpc) is 3.04. The quantitative estimate of drug-likeness (QED) is 0.636. The minimum atomic E-state index is -0.158. The van der Waals surface area contributed by atoms with Gasteiger partial charge in [0.2, 0.25) is 0 Å². The first-order valence-electron chi connectivity index (χ1n) is 5.68. The normalized spacial score (nSPS) is 26.1. The molecule has 2 saturated carbocycles. The first kappa shape index (κ1) is 10.4. The summed E-state index contributed by atoms with van der Waals surface area (Å²) in [6.45, 7) is 1.75. The van der Waals surface area contributed by atoms with E-state index < -0.39 is 0 Å². The lowest BCUT2D eigenvalue weighted by Gasteiger charge is -2.31. The number of nitrogens with one attached hydrogen (secondary N) is 1. The van der Waals surface area contributed by atoms with Crippen LogP contribution in [0.2, 0.25) is 0 Å². The van der Waals surface area contributed by atoms with Crippen molar-refractivity contribution in [3.05, 3.63) is 0 Å². The van der Waals surface area contributed by atoms with Gasteiger partial charge in [0.15, 0.2) is 0 Å². The largest absolute Gasteiger partial charge is 0.394 e. The first-order chi connectivity index (χ1) is 6.80. The van der Waals surface area contributed by atoms with Gasteiger partial charge in [-0.05, 0) is 44.6 Å². The zero-order valence-corrected chi connectivity index (χ0v) is 8.96. The van der Waals surface area contributed by atoms with E-state index in [0.29, 0.717) is 12.5 Å². The fourth-order valence-corrected chi connectivity index (χ4v) is 1.98. The Morgan fingerprint density at radius 2 is 2.07 bits per heavy atom. The van der Waals surface area contributed by atoms with Crippen LogP contribution in [-0.2, 0) is 4.74 Å². The van der Waals surface area contributed by atoms with Crippen LogP contribution in [0.15, 0.2) is 0 Å². The van der Waals surface area contributed by atoms with Gasteiger partial charge in [0.25, 0.3) is 0 Å². The predicted octanol–water partition coefficient (Wildman–Crippen LogP) is 0.773. The molecule has 0 aromatic rings. The molecule has 0 spiro atoms. The van der Waals surface area contributed by atoms with E-state index >= 15 is 0 Å². The van der Waals surface area contributed by atoms with Gasteiger partial charge in [0, 0.05) is 6.61 Å². The number of hydrogen-bond acceptors (Lipinski definition) is 3. The molecule has 2 aliphatic carbocycles. The summed E-state index contributed by atoms with van der Waals surface area (Å²) in [6.07, 6.45) is 5.12. The van der Waals surface area contributed by atoms with Gasteiger partial charge in [-0.1, -0.05) is 0 Å². The fourth-order valence-electron chi connectivity index (χ4n) is 1.98. The smallest absolute Gasteiger partial charge is 0.0676 e. The van der Waals surface area contributed by atoms with Crippen molar-refractivity contribution in [2.45, 2.75) is 31.2 Å².